The largest absolute Gasteiger partial charge is 0.293 e. The summed E-state index contributed by atoms with van der Waals surface area (Å²) < 4.78 is 13.6. The molecule has 94 valence electrons. The zero-order chi connectivity index (χ0) is 13.3. The van der Waals surface area contributed by atoms with Gasteiger partial charge in [-0.15, -0.1) is 0 Å². The molecule has 1 heterocycles. The Kier molecular flexibility index (Phi) is 3.73. The van der Waals surface area contributed by atoms with Crippen molar-refractivity contribution in [3.63, 3.8) is 0 Å². The summed E-state index contributed by atoms with van der Waals surface area (Å²) in [7, 11) is 0. The van der Waals surface area contributed by atoms with Gasteiger partial charge >= 0.3 is 0 Å². The lowest BCUT2D eigenvalue weighted by atomic mass is 10.2. The van der Waals surface area contributed by atoms with Crippen molar-refractivity contribution in [2.45, 2.75) is 6.92 Å². The highest BCUT2D eigenvalue weighted by atomic mass is 35.5. The molecular formula is C12H9ClFNO2S. The van der Waals surface area contributed by atoms with E-state index in [1.807, 2.05) is 0 Å². The van der Waals surface area contributed by atoms with E-state index in [-0.39, 0.29) is 20.7 Å². The van der Waals surface area contributed by atoms with Gasteiger partial charge in [-0.05, 0) is 36.9 Å². The molecule has 0 atom stereocenters. The van der Waals surface area contributed by atoms with Gasteiger partial charge in [-0.25, -0.2) is 4.39 Å². The summed E-state index contributed by atoms with van der Waals surface area (Å²) >= 11 is 6.65. The van der Waals surface area contributed by atoms with Crippen LogP contribution in [0.3, 0.4) is 0 Å². The molecule has 0 spiro atoms. The zero-order valence-electron chi connectivity index (χ0n) is 9.44. The van der Waals surface area contributed by atoms with Crippen LogP contribution in [0.4, 0.5) is 9.18 Å². The zero-order valence-corrected chi connectivity index (χ0v) is 11.0. The van der Waals surface area contributed by atoms with Gasteiger partial charge in [0.25, 0.3) is 11.1 Å². The minimum Gasteiger partial charge on any atom is -0.269 e. The fourth-order valence-electron chi connectivity index (χ4n) is 1.55. The lowest BCUT2D eigenvalue weighted by Gasteiger charge is -2.07. The van der Waals surface area contributed by atoms with Crippen molar-refractivity contribution in [3.8, 4) is 0 Å². The Morgan fingerprint density at radius 3 is 2.72 bits per heavy atom. The van der Waals surface area contributed by atoms with Crippen LogP contribution in [0.15, 0.2) is 23.1 Å². The second-order valence-corrected chi connectivity index (χ2v) is 4.96. The number of imide groups is 1. The number of hydrogen-bond donors (Lipinski definition) is 0. The lowest BCUT2D eigenvalue weighted by Crippen LogP contribution is -2.27. The van der Waals surface area contributed by atoms with E-state index >= 15 is 0 Å². The average molecular weight is 286 g/mol. The quantitative estimate of drug-likeness (QED) is 0.780. The molecule has 0 radical (unpaired) electrons. The Morgan fingerprint density at radius 2 is 2.17 bits per heavy atom. The summed E-state index contributed by atoms with van der Waals surface area (Å²) in [5, 5.41) is -0.139. The minimum absolute atomic E-state index is 0.126. The molecule has 2 rings (SSSR count). The van der Waals surface area contributed by atoms with Crippen LogP contribution in [0.1, 0.15) is 12.5 Å². The molecule has 0 bridgehead atoms. The van der Waals surface area contributed by atoms with E-state index in [0.29, 0.717) is 6.54 Å². The molecule has 1 aromatic rings. The molecule has 1 aliphatic heterocycles. The maximum atomic E-state index is 13.6. The van der Waals surface area contributed by atoms with E-state index in [1.165, 1.54) is 24.3 Å². The average Bonchev–Trinajstić information content (AvgIpc) is 2.59. The van der Waals surface area contributed by atoms with Crippen molar-refractivity contribution >= 4 is 40.6 Å². The molecule has 0 unspecified atom stereocenters. The first-order chi connectivity index (χ1) is 8.54. The Morgan fingerprint density at radius 1 is 1.44 bits per heavy atom. The van der Waals surface area contributed by atoms with Crippen LogP contribution in [0.2, 0.25) is 5.02 Å². The highest BCUT2D eigenvalue weighted by Gasteiger charge is 2.33. The van der Waals surface area contributed by atoms with Crippen molar-refractivity contribution in [1.29, 1.82) is 0 Å². The van der Waals surface area contributed by atoms with Gasteiger partial charge in [-0.2, -0.15) is 0 Å². The number of hydrogen-bond acceptors (Lipinski definition) is 3. The van der Waals surface area contributed by atoms with Gasteiger partial charge < -0.3 is 0 Å². The van der Waals surface area contributed by atoms with Crippen LogP contribution in [0.5, 0.6) is 0 Å². The molecule has 0 aromatic heterocycles. The normalized spacial score (nSPS) is 17.9. The standard InChI is InChI=1S/C12H9ClFNO2S/c1-2-15-11(16)10(18-12(15)17)6-7-8(13)4-3-5-9(7)14/h3-6H,2H2,1H3/b10-6+. The first kappa shape index (κ1) is 13.1. The van der Waals surface area contributed by atoms with Crippen molar-refractivity contribution < 1.29 is 14.0 Å². The highest BCUT2D eigenvalue weighted by molar-refractivity contribution is 8.18. The third kappa shape index (κ3) is 2.28. The fraction of sp³-hybridized carbons (Fsp3) is 0.167. The minimum atomic E-state index is -0.522. The maximum absolute atomic E-state index is 13.6. The Bertz CT molecular complexity index is 539. The summed E-state index contributed by atoms with van der Waals surface area (Å²) in [6.45, 7) is 2.00. The Balaban J connectivity index is 2.41. The molecule has 6 heteroatoms. The second kappa shape index (κ2) is 5.12. The van der Waals surface area contributed by atoms with E-state index in [4.69, 9.17) is 11.6 Å². The van der Waals surface area contributed by atoms with Crippen LogP contribution in [0.25, 0.3) is 6.08 Å². The fourth-order valence-corrected chi connectivity index (χ4v) is 2.65. The van der Waals surface area contributed by atoms with Crippen LogP contribution in [-0.2, 0) is 4.79 Å². The first-order valence-electron chi connectivity index (χ1n) is 5.24. The number of carbonyl (C=O) groups is 2. The molecule has 1 fully saturated rings. The number of rotatable bonds is 2. The number of likely N-dealkylation sites (N-methyl/N-ethyl adjacent to an activating group) is 1. The van der Waals surface area contributed by atoms with Crippen LogP contribution in [0, 0.1) is 5.82 Å². The summed E-state index contributed by atoms with van der Waals surface area (Å²) in [5.41, 5.74) is 0.126. The maximum Gasteiger partial charge on any atom is 0.293 e. The van der Waals surface area contributed by atoms with Crippen LogP contribution < -0.4 is 0 Å². The predicted octanol–water partition coefficient (Wildman–Crippen LogP) is 3.54. The molecular weight excluding hydrogens is 277 g/mol. The van der Waals surface area contributed by atoms with E-state index < -0.39 is 11.7 Å². The summed E-state index contributed by atoms with van der Waals surface area (Å²) in [6, 6.07) is 4.26. The van der Waals surface area contributed by atoms with Gasteiger partial charge in [-0.3, -0.25) is 14.5 Å². The third-order valence-corrected chi connectivity index (χ3v) is 3.70. The molecule has 2 amide bonds. The van der Waals surface area contributed by atoms with Crippen molar-refractivity contribution in [2.75, 3.05) is 6.54 Å². The lowest BCUT2D eigenvalue weighted by molar-refractivity contribution is -0.122. The summed E-state index contributed by atoms with van der Waals surface area (Å²) in [5.74, 6) is -0.933. The molecule has 3 nitrogen and oxygen atoms in total. The molecule has 18 heavy (non-hydrogen) atoms. The van der Waals surface area contributed by atoms with E-state index in [1.54, 1.807) is 6.92 Å². The number of amides is 2. The van der Waals surface area contributed by atoms with Gasteiger partial charge in [0.1, 0.15) is 5.82 Å². The van der Waals surface area contributed by atoms with Crippen molar-refractivity contribution in [2.24, 2.45) is 0 Å². The van der Waals surface area contributed by atoms with Gasteiger partial charge in [0, 0.05) is 12.1 Å². The number of benzene rings is 1. The third-order valence-electron chi connectivity index (χ3n) is 2.46. The number of nitrogens with zero attached hydrogens (tertiary/aromatic N) is 1. The van der Waals surface area contributed by atoms with Crippen molar-refractivity contribution in [3.05, 3.63) is 39.5 Å². The molecule has 0 N–H and O–H groups in total. The Labute approximate surface area is 113 Å². The number of thioether (sulfide) groups is 1. The number of halogens is 2. The summed E-state index contributed by atoms with van der Waals surface area (Å²) in [4.78, 5) is 24.6. The molecule has 1 saturated heterocycles. The van der Waals surface area contributed by atoms with Crippen LogP contribution >= 0.6 is 23.4 Å². The smallest absolute Gasteiger partial charge is 0.269 e. The van der Waals surface area contributed by atoms with E-state index in [9.17, 15) is 14.0 Å². The van der Waals surface area contributed by atoms with Crippen molar-refractivity contribution in [1.82, 2.24) is 4.90 Å². The van der Waals surface area contributed by atoms with Gasteiger partial charge in [-0.1, -0.05) is 17.7 Å². The highest BCUT2D eigenvalue weighted by Crippen LogP contribution is 2.33. The monoisotopic (exact) mass is 285 g/mol. The Hall–Kier alpha value is -1.33. The predicted molar refractivity (Wildman–Crippen MR) is 69.8 cm³/mol. The molecule has 1 aliphatic rings. The van der Waals surface area contributed by atoms with Gasteiger partial charge in [0.15, 0.2) is 0 Å². The van der Waals surface area contributed by atoms with Crippen LogP contribution in [-0.4, -0.2) is 22.6 Å². The summed E-state index contributed by atoms with van der Waals surface area (Å²) in [6.07, 6.45) is 1.32. The SMILES string of the molecule is CCN1C(=O)S/C(=C/c2c(F)cccc2Cl)C1=O. The molecule has 1 aromatic carbocycles. The van der Waals surface area contributed by atoms with Gasteiger partial charge in [0.05, 0.1) is 9.93 Å². The topological polar surface area (TPSA) is 37.4 Å². The number of carbonyl (C=O) groups excluding carboxylic acids is 2. The van der Waals surface area contributed by atoms with E-state index in [0.717, 1.165) is 16.7 Å². The molecule has 0 aliphatic carbocycles. The van der Waals surface area contributed by atoms with Gasteiger partial charge in [0.2, 0.25) is 0 Å². The van der Waals surface area contributed by atoms with E-state index in [2.05, 4.69) is 0 Å². The molecule has 0 saturated carbocycles. The second-order valence-electron chi connectivity index (χ2n) is 3.56. The first-order valence-corrected chi connectivity index (χ1v) is 6.43.